The molecule has 0 bridgehead atoms. The normalized spacial score (nSPS) is 25.5. The molecule has 1 N–H and O–H groups in total. The fourth-order valence-electron chi connectivity index (χ4n) is 1.03. The van der Waals surface area contributed by atoms with Gasteiger partial charge in [-0.05, 0) is 0 Å². The Morgan fingerprint density at radius 2 is 2.18 bits per heavy atom. The van der Waals surface area contributed by atoms with Crippen molar-refractivity contribution in [2.24, 2.45) is 5.92 Å². The number of carbonyl (C=O) groups is 1. The number of amides is 1. The van der Waals surface area contributed by atoms with Crippen molar-refractivity contribution in [2.45, 2.75) is 6.04 Å². The Hall–Kier alpha value is -0.220. The van der Waals surface area contributed by atoms with E-state index in [0.29, 0.717) is 19.3 Å². The molecule has 0 aromatic rings. The summed E-state index contributed by atoms with van der Waals surface area (Å²) in [6.07, 6.45) is 0. The van der Waals surface area contributed by atoms with Crippen LogP contribution in [-0.2, 0) is 9.53 Å². The molecule has 0 atom stereocenters. The van der Waals surface area contributed by atoms with Gasteiger partial charge in [0.1, 0.15) is 0 Å². The average molecular weight is 173 g/mol. The molecule has 11 heavy (non-hydrogen) atoms. The maximum atomic E-state index is 11.2. The van der Waals surface area contributed by atoms with E-state index in [0.717, 1.165) is 11.5 Å². The van der Waals surface area contributed by atoms with Crippen molar-refractivity contribution < 1.29 is 9.53 Å². The second-order valence-corrected chi connectivity index (χ2v) is 4.05. The SMILES string of the molecule is O=C(NC1COC1)C1CSC1. The van der Waals surface area contributed by atoms with Crippen LogP contribution in [0.3, 0.4) is 0 Å². The minimum Gasteiger partial charge on any atom is -0.377 e. The fourth-order valence-corrected chi connectivity index (χ4v) is 1.80. The van der Waals surface area contributed by atoms with E-state index in [-0.39, 0.29) is 11.8 Å². The lowest BCUT2D eigenvalue weighted by Crippen LogP contribution is -2.52. The minimum absolute atomic E-state index is 0.219. The van der Waals surface area contributed by atoms with Crippen LogP contribution in [0.4, 0.5) is 0 Å². The lowest BCUT2D eigenvalue weighted by atomic mass is 10.1. The summed E-state index contributed by atoms with van der Waals surface area (Å²) < 4.78 is 4.95. The third kappa shape index (κ3) is 1.51. The van der Waals surface area contributed by atoms with Gasteiger partial charge < -0.3 is 10.1 Å². The Balaban J connectivity index is 1.71. The molecule has 2 saturated heterocycles. The number of rotatable bonds is 2. The lowest BCUT2D eigenvalue weighted by molar-refractivity contribution is -0.128. The van der Waals surface area contributed by atoms with Gasteiger partial charge in [-0.25, -0.2) is 0 Å². The van der Waals surface area contributed by atoms with Crippen molar-refractivity contribution in [3.63, 3.8) is 0 Å². The zero-order valence-corrected chi connectivity index (χ0v) is 7.02. The molecule has 1 amide bonds. The number of thioether (sulfide) groups is 1. The average Bonchev–Trinajstić information content (AvgIpc) is 1.74. The van der Waals surface area contributed by atoms with Gasteiger partial charge in [0.05, 0.1) is 25.2 Å². The summed E-state index contributed by atoms with van der Waals surface area (Å²) in [4.78, 5) is 11.2. The van der Waals surface area contributed by atoms with Crippen LogP contribution < -0.4 is 5.32 Å². The molecule has 0 unspecified atom stereocenters. The van der Waals surface area contributed by atoms with E-state index in [1.165, 1.54) is 0 Å². The van der Waals surface area contributed by atoms with Crippen LogP contribution in [-0.4, -0.2) is 36.7 Å². The van der Waals surface area contributed by atoms with Crippen LogP contribution in [0.15, 0.2) is 0 Å². The van der Waals surface area contributed by atoms with Crippen LogP contribution >= 0.6 is 11.8 Å². The van der Waals surface area contributed by atoms with Crippen molar-refractivity contribution in [2.75, 3.05) is 24.7 Å². The highest BCUT2D eigenvalue weighted by Crippen LogP contribution is 2.24. The second kappa shape index (κ2) is 3.03. The lowest BCUT2D eigenvalue weighted by Gasteiger charge is -2.31. The first-order chi connectivity index (χ1) is 5.36. The Morgan fingerprint density at radius 3 is 2.55 bits per heavy atom. The number of carbonyl (C=O) groups excluding carboxylic acids is 1. The summed E-state index contributed by atoms with van der Waals surface area (Å²) in [5, 5.41) is 2.94. The molecule has 0 saturated carbocycles. The van der Waals surface area contributed by atoms with Crippen molar-refractivity contribution in [1.29, 1.82) is 0 Å². The van der Waals surface area contributed by atoms with E-state index >= 15 is 0 Å². The highest BCUT2D eigenvalue weighted by molar-refractivity contribution is 8.00. The van der Waals surface area contributed by atoms with Crippen molar-refractivity contribution in [3.05, 3.63) is 0 Å². The van der Waals surface area contributed by atoms with Crippen LogP contribution in [0.1, 0.15) is 0 Å². The highest BCUT2D eigenvalue weighted by atomic mass is 32.2. The van der Waals surface area contributed by atoms with Crippen LogP contribution in [0.25, 0.3) is 0 Å². The summed E-state index contributed by atoms with van der Waals surface area (Å²) in [5.41, 5.74) is 0. The smallest absolute Gasteiger partial charge is 0.225 e. The fraction of sp³-hybridized carbons (Fsp3) is 0.857. The molecule has 0 spiro atoms. The Morgan fingerprint density at radius 1 is 1.45 bits per heavy atom. The topological polar surface area (TPSA) is 38.3 Å². The summed E-state index contributed by atoms with van der Waals surface area (Å²) >= 11 is 1.83. The summed E-state index contributed by atoms with van der Waals surface area (Å²) in [5.74, 6) is 2.50. The third-order valence-corrected chi connectivity index (χ3v) is 3.27. The van der Waals surface area contributed by atoms with Gasteiger partial charge in [0.2, 0.25) is 5.91 Å². The molecule has 2 fully saturated rings. The van der Waals surface area contributed by atoms with E-state index in [1.54, 1.807) is 0 Å². The monoisotopic (exact) mass is 173 g/mol. The highest BCUT2D eigenvalue weighted by Gasteiger charge is 2.29. The molecule has 2 aliphatic rings. The Labute approximate surface area is 69.9 Å². The van der Waals surface area contributed by atoms with Crippen molar-refractivity contribution in [3.8, 4) is 0 Å². The minimum atomic E-state index is 0.219. The summed E-state index contributed by atoms with van der Waals surface area (Å²) in [7, 11) is 0. The molecule has 0 aliphatic carbocycles. The zero-order valence-electron chi connectivity index (χ0n) is 6.21. The maximum Gasteiger partial charge on any atom is 0.225 e. The van der Waals surface area contributed by atoms with Gasteiger partial charge in [0, 0.05) is 11.5 Å². The molecule has 62 valence electrons. The summed E-state index contributed by atoms with van der Waals surface area (Å²) in [6.45, 7) is 1.40. The van der Waals surface area contributed by atoms with Gasteiger partial charge >= 0.3 is 0 Å². The quantitative estimate of drug-likeness (QED) is 0.632. The molecule has 4 heteroatoms. The van der Waals surface area contributed by atoms with Gasteiger partial charge in [-0.1, -0.05) is 0 Å². The number of hydrogen-bond donors (Lipinski definition) is 1. The first-order valence-corrected chi connectivity index (χ1v) is 4.97. The molecule has 0 aromatic carbocycles. The van der Waals surface area contributed by atoms with Gasteiger partial charge in [0.15, 0.2) is 0 Å². The summed E-state index contributed by atoms with van der Waals surface area (Å²) in [6, 6.07) is 0.299. The van der Waals surface area contributed by atoms with Crippen LogP contribution in [0.5, 0.6) is 0 Å². The number of ether oxygens (including phenoxy) is 1. The largest absolute Gasteiger partial charge is 0.377 e. The van der Waals surface area contributed by atoms with E-state index < -0.39 is 0 Å². The predicted molar refractivity (Wildman–Crippen MR) is 43.6 cm³/mol. The molecular weight excluding hydrogens is 162 g/mol. The standard InChI is InChI=1S/C7H11NO2S/c9-7(5-3-11-4-5)8-6-1-10-2-6/h5-6H,1-4H2,(H,8,9). The molecule has 2 aliphatic heterocycles. The van der Waals surface area contributed by atoms with Crippen LogP contribution in [0, 0.1) is 5.92 Å². The van der Waals surface area contributed by atoms with Gasteiger partial charge in [-0.2, -0.15) is 11.8 Å². The molecular formula is C7H11NO2S. The first kappa shape index (κ1) is 7.43. The Kier molecular flexibility index (Phi) is 2.05. The first-order valence-electron chi connectivity index (χ1n) is 3.82. The zero-order chi connectivity index (χ0) is 7.68. The van der Waals surface area contributed by atoms with Gasteiger partial charge in [-0.15, -0.1) is 0 Å². The molecule has 2 heterocycles. The maximum absolute atomic E-state index is 11.2. The second-order valence-electron chi connectivity index (χ2n) is 2.98. The van der Waals surface area contributed by atoms with E-state index in [9.17, 15) is 4.79 Å². The van der Waals surface area contributed by atoms with E-state index in [1.807, 2.05) is 11.8 Å². The molecule has 0 aromatic heterocycles. The van der Waals surface area contributed by atoms with Crippen molar-refractivity contribution in [1.82, 2.24) is 5.32 Å². The number of nitrogens with one attached hydrogen (secondary N) is 1. The Bertz CT molecular complexity index is 166. The third-order valence-electron chi connectivity index (χ3n) is 1.99. The van der Waals surface area contributed by atoms with Gasteiger partial charge in [0.25, 0.3) is 0 Å². The van der Waals surface area contributed by atoms with Crippen LogP contribution in [0.2, 0.25) is 0 Å². The van der Waals surface area contributed by atoms with Crippen molar-refractivity contribution >= 4 is 17.7 Å². The number of hydrogen-bond acceptors (Lipinski definition) is 3. The molecule has 3 nitrogen and oxygen atoms in total. The predicted octanol–water partition coefficient (Wildman–Crippen LogP) is -0.136. The van der Waals surface area contributed by atoms with Gasteiger partial charge in [-0.3, -0.25) is 4.79 Å². The molecule has 2 rings (SSSR count). The van der Waals surface area contributed by atoms with E-state index in [4.69, 9.17) is 4.74 Å². The van der Waals surface area contributed by atoms with E-state index in [2.05, 4.69) is 5.32 Å². The molecule has 0 radical (unpaired) electrons.